The van der Waals surface area contributed by atoms with Gasteiger partial charge in [-0.25, -0.2) is 8.42 Å². The minimum absolute atomic E-state index is 0.221. The van der Waals surface area contributed by atoms with Crippen LogP contribution in [0.25, 0.3) is 0 Å². The van der Waals surface area contributed by atoms with Crippen LogP contribution >= 0.6 is 0 Å². The monoisotopic (exact) mass is 302 g/mol. The minimum Gasteiger partial charge on any atom is -0.393 e. The number of nitrogens with zero attached hydrogens (tertiary/aromatic N) is 2. The standard InChI is InChI=1S/C12H18N2O5S/c1-9(15)7-8-13(2)10-5-4-6-11(20(3,18)19)12(10)14(16)17/h4-6,9,15H,7-8H2,1-3H3. The maximum absolute atomic E-state index is 11.6. The van der Waals surface area contributed by atoms with Crippen molar-refractivity contribution >= 4 is 21.2 Å². The second-order valence-corrected chi connectivity index (χ2v) is 6.70. The number of benzene rings is 1. The quantitative estimate of drug-likeness (QED) is 0.626. The molecule has 112 valence electrons. The van der Waals surface area contributed by atoms with E-state index in [1.165, 1.54) is 18.2 Å². The topological polar surface area (TPSA) is 101 Å². The Morgan fingerprint density at radius 1 is 1.45 bits per heavy atom. The maximum Gasteiger partial charge on any atom is 0.311 e. The Kier molecular flexibility index (Phi) is 5.07. The molecule has 7 nitrogen and oxygen atoms in total. The Morgan fingerprint density at radius 2 is 2.05 bits per heavy atom. The summed E-state index contributed by atoms with van der Waals surface area (Å²) in [7, 11) is -2.06. The number of aliphatic hydroxyl groups is 1. The summed E-state index contributed by atoms with van der Waals surface area (Å²) in [6.07, 6.45) is 0.834. The predicted octanol–water partition coefficient (Wildman–Crippen LogP) is 1.21. The van der Waals surface area contributed by atoms with Crippen molar-refractivity contribution < 1.29 is 18.4 Å². The van der Waals surface area contributed by atoms with Gasteiger partial charge in [0.1, 0.15) is 10.6 Å². The summed E-state index contributed by atoms with van der Waals surface area (Å²) in [6.45, 7) is 2.00. The lowest BCUT2D eigenvalue weighted by Crippen LogP contribution is -2.23. The number of para-hydroxylation sites is 1. The number of hydrogen-bond donors (Lipinski definition) is 1. The fourth-order valence-corrected chi connectivity index (χ4v) is 2.66. The molecule has 1 aromatic carbocycles. The van der Waals surface area contributed by atoms with Crippen LogP contribution in [0.3, 0.4) is 0 Å². The molecule has 0 aliphatic rings. The van der Waals surface area contributed by atoms with E-state index in [1.54, 1.807) is 18.9 Å². The van der Waals surface area contributed by atoms with Gasteiger partial charge in [0.2, 0.25) is 0 Å². The molecule has 0 heterocycles. The minimum atomic E-state index is -3.68. The maximum atomic E-state index is 11.6. The molecule has 0 spiro atoms. The van der Waals surface area contributed by atoms with Crippen LogP contribution in [0, 0.1) is 10.1 Å². The van der Waals surface area contributed by atoms with Gasteiger partial charge in [0.25, 0.3) is 0 Å². The Hall–Kier alpha value is -1.67. The summed E-state index contributed by atoms with van der Waals surface area (Å²) in [6, 6.07) is 4.19. The molecule has 0 aromatic heterocycles. The van der Waals surface area contributed by atoms with E-state index in [0.29, 0.717) is 13.0 Å². The Morgan fingerprint density at radius 3 is 2.50 bits per heavy atom. The lowest BCUT2D eigenvalue weighted by atomic mass is 10.2. The fourth-order valence-electron chi connectivity index (χ4n) is 1.80. The molecule has 0 radical (unpaired) electrons. The predicted molar refractivity (Wildman–Crippen MR) is 75.8 cm³/mol. The van der Waals surface area contributed by atoms with Gasteiger partial charge in [-0.15, -0.1) is 0 Å². The van der Waals surface area contributed by atoms with Crippen molar-refractivity contribution in [1.82, 2.24) is 0 Å². The van der Waals surface area contributed by atoms with Crippen molar-refractivity contribution in [2.24, 2.45) is 0 Å². The number of nitro benzene ring substituents is 1. The van der Waals surface area contributed by atoms with Crippen LogP contribution < -0.4 is 4.90 Å². The first-order chi connectivity index (χ1) is 9.14. The number of hydrogen-bond acceptors (Lipinski definition) is 6. The first-order valence-electron chi connectivity index (χ1n) is 6.01. The molecule has 1 unspecified atom stereocenters. The summed E-state index contributed by atoms with van der Waals surface area (Å²) in [4.78, 5) is 11.8. The van der Waals surface area contributed by atoms with E-state index in [2.05, 4.69) is 0 Å². The van der Waals surface area contributed by atoms with E-state index in [0.717, 1.165) is 6.26 Å². The van der Waals surface area contributed by atoms with Crippen molar-refractivity contribution in [2.75, 3.05) is 24.7 Å². The largest absolute Gasteiger partial charge is 0.393 e. The zero-order valence-corrected chi connectivity index (χ0v) is 12.4. The second kappa shape index (κ2) is 6.19. The second-order valence-electron chi connectivity index (χ2n) is 4.71. The smallest absolute Gasteiger partial charge is 0.311 e. The normalized spacial score (nSPS) is 13.0. The highest BCUT2D eigenvalue weighted by Crippen LogP contribution is 2.34. The molecular weight excluding hydrogens is 284 g/mol. The molecule has 0 bridgehead atoms. The number of aliphatic hydroxyl groups excluding tert-OH is 1. The van der Waals surface area contributed by atoms with E-state index in [-0.39, 0.29) is 10.6 Å². The van der Waals surface area contributed by atoms with Crippen molar-refractivity contribution in [2.45, 2.75) is 24.3 Å². The van der Waals surface area contributed by atoms with Crippen LogP contribution in [0.2, 0.25) is 0 Å². The van der Waals surface area contributed by atoms with Crippen LogP contribution in [0.4, 0.5) is 11.4 Å². The molecule has 20 heavy (non-hydrogen) atoms. The van der Waals surface area contributed by atoms with E-state index in [9.17, 15) is 23.6 Å². The molecule has 0 aliphatic carbocycles. The molecule has 1 aromatic rings. The summed E-state index contributed by atoms with van der Waals surface area (Å²) < 4.78 is 23.3. The van der Waals surface area contributed by atoms with Gasteiger partial charge in [-0.05, 0) is 25.5 Å². The molecule has 0 saturated heterocycles. The summed E-state index contributed by atoms with van der Waals surface area (Å²) in [5.41, 5.74) is -0.207. The van der Waals surface area contributed by atoms with Crippen LogP contribution in [0.1, 0.15) is 13.3 Å². The van der Waals surface area contributed by atoms with Crippen LogP contribution in [-0.2, 0) is 9.84 Å². The van der Waals surface area contributed by atoms with Gasteiger partial charge in [-0.2, -0.15) is 0 Å². The van der Waals surface area contributed by atoms with E-state index in [4.69, 9.17) is 0 Å². The van der Waals surface area contributed by atoms with Crippen LogP contribution in [-0.4, -0.2) is 44.4 Å². The van der Waals surface area contributed by atoms with Crippen molar-refractivity contribution in [1.29, 1.82) is 0 Å². The SMILES string of the molecule is CC(O)CCN(C)c1cccc(S(C)(=O)=O)c1[N+](=O)[O-]. The van der Waals surface area contributed by atoms with Gasteiger partial charge < -0.3 is 10.0 Å². The Balaban J connectivity index is 3.30. The zero-order valence-electron chi connectivity index (χ0n) is 11.6. The van der Waals surface area contributed by atoms with E-state index >= 15 is 0 Å². The van der Waals surface area contributed by atoms with Crippen molar-refractivity contribution in [3.63, 3.8) is 0 Å². The molecule has 0 aliphatic heterocycles. The molecule has 0 amide bonds. The molecule has 1 N–H and O–H groups in total. The Labute approximate surface area is 117 Å². The lowest BCUT2D eigenvalue weighted by Gasteiger charge is -2.20. The first-order valence-corrected chi connectivity index (χ1v) is 7.90. The Bertz CT molecular complexity index is 598. The third kappa shape index (κ3) is 3.91. The third-order valence-corrected chi connectivity index (χ3v) is 3.98. The molecule has 8 heteroatoms. The average molecular weight is 302 g/mol. The van der Waals surface area contributed by atoms with Gasteiger partial charge in [0, 0.05) is 19.8 Å². The first kappa shape index (κ1) is 16.4. The van der Waals surface area contributed by atoms with Gasteiger partial charge in [-0.3, -0.25) is 10.1 Å². The zero-order chi connectivity index (χ0) is 15.5. The van der Waals surface area contributed by atoms with Crippen molar-refractivity contribution in [3.8, 4) is 0 Å². The molecule has 1 atom stereocenters. The lowest BCUT2D eigenvalue weighted by molar-refractivity contribution is -0.387. The number of rotatable bonds is 6. The molecule has 1 rings (SSSR count). The number of nitro groups is 1. The summed E-state index contributed by atoms with van der Waals surface area (Å²) in [5, 5.41) is 20.5. The van der Waals surface area contributed by atoms with E-state index < -0.39 is 26.6 Å². The molecule has 0 saturated carbocycles. The van der Waals surface area contributed by atoms with Crippen LogP contribution in [0.5, 0.6) is 0 Å². The molecular formula is C12H18N2O5S. The van der Waals surface area contributed by atoms with Gasteiger partial charge >= 0.3 is 5.69 Å². The molecule has 0 fully saturated rings. The third-order valence-electron chi connectivity index (χ3n) is 2.85. The van der Waals surface area contributed by atoms with Gasteiger partial charge in [0.05, 0.1) is 11.0 Å². The number of sulfone groups is 1. The highest BCUT2D eigenvalue weighted by atomic mass is 32.2. The fraction of sp³-hybridized carbons (Fsp3) is 0.500. The van der Waals surface area contributed by atoms with Crippen LogP contribution in [0.15, 0.2) is 23.1 Å². The van der Waals surface area contributed by atoms with Gasteiger partial charge in [-0.1, -0.05) is 6.07 Å². The highest BCUT2D eigenvalue weighted by molar-refractivity contribution is 7.90. The van der Waals surface area contributed by atoms with Gasteiger partial charge in [0.15, 0.2) is 9.84 Å². The number of anilines is 1. The summed E-state index contributed by atoms with van der Waals surface area (Å²) >= 11 is 0. The highest BCUT2D eigenvalue weighted by Gasteiger charge is 2.27. The summed E-state index contributed by atoms with van der Waals surface area (Å²) in [5.74, 6) is 0. The van der Waals surface area contributed by atoms with E-state index in [1.807, 2.05) is 0 Å². The van der Waals surface area contributed by atoms with Crippen molar-refractivity contribution in [3.05, 3.63) is 28.3 Å². The average Bonchev–Trinajstić information content (AvgIpc) is 2.33.